The van der Waals surface area contributed by atoms with Crippen molar-refractivity contribution >= 4 is 23.5 Å². The van der Waals surface area contributed by atoms with Crippen molar-refractivity contribution in [3.63, 3.8) is 0 Å². The Hall–Kier alpha value is -1.67. The van der Waals surface area contributed by atoms with Gasteiger partial charge in [0.2, 0.25) is 17.1 Å². The molecule has 0 spiro atoms. The Bertz CT molecular complexity index is 502. The predicted molar refractivity (Wildman–Crippen MR) is 76.6 cm³/mol. The molecule has 2 heterocycles. The SMILES string of the molecule is CCCOc1nc(Cl)nc(N2CCOCC2C(=O)NC)n1. The van der Waals surface area contributed by atoms with Crippen molar-refractivity contribution in [2.24, 2.45) is 0 Å². The second-order valence-electron chi connectivity index (χ2n) is 4.43. The van der Waals surface area contributed by atoms with Gasteiger partial charge in [-0.05, 0) is 18.0 Å². The molecule has 21 heavy (non-hydrogen) atoms. The minimum absolute atomic E-state index is 0.0354. The van der Waals surface area contributed by atoms with Crippen molar-refractivity contribution in [1.29, 1.82) is 0 Å². The van der Waals surface area contributed by atoms with Gasteiger partial charge in [-0.2, -0.15) is 15.0 Å². The number of hydrogen-bond acceptors (Lipinski definition) is 7. The highest BCUT2D eigenvalue weighted by atomic mass is 35.5. The second kappa shape index (κ2) is 7.37. The lowest BCUT2D eigenvalue weighted by Crippen LogP contribution is -2.54. The molecular weight excluding hydrogens is 298 g/mol. The second-order valence-corrected chi connectivity index (χ2v) is 4.77. The van der Waals surface area contributed by atoms with E-state index in [9.17, 15) is 4.79 Å². The van der Waals surface area contributed by atoms with Crippen LogP contribution in [0.1, 0.15) is 13.3 Å². The van der Waals surface area contributed by atoms with Crippen LogP contribution in [0.25, 0.3) is 0 Å². The number of nitrogens with one attached hydrogen (secondary N) is 1. The van der Waals surface area contributed by atoms with Gasteiger partial charge in [0.25, 0.3) is 0 Å². The summed E-state index contributed by atoms with van der Waals surface area (Å²) in [6, 6.07) is -0.338. The third kappa shape index (κ3) is 3.92. The highest BCUT2D eigenvalue weighted by Crippen LogP contribution is 2.19. The summed E-state index contributed by atoms with van der Waals surface area (Å²) in [4.78, 5) is 25.9. The third-order valence-corrected chi connectivity index (χ3v) is 3.11. The molecular formula is C12H18ClN5O3. The van der Waals surface area contributed by atoms with Crippen LogP contribution in [0.2, 0.25) is 5.28 Å². The highest BCUT2D eigenvalue weighted by Gasteiger charge is 2.31. The fourth-order valence-corrected chi connectivity index (χ4v) is 2.08. The molecule has 1 saturated heterocycles. The Morgan fingerprint density at radius 2 is 2.33 bits per heavy atom. The van der Waals surface area contributed by atoms with Crippen LogP contribution in [0.4, 0.5) is 5.95 Å². The van der Waals surface area contributed by atoms with Gasteiger partial charge in [0, 0.05) is 13.6 Å². The molecule has 0 radical (unpaired) electrons. The lowest BCUT2D eigenvalue weighted by molar-refractivity contribution is -0.124. The van der Waals surface area contributed by atoms with E-state index in [1.54, 1.807) is 11.9 Å². The summed E-state index contributed by atoms with van der Waals surface area (Å²) in [5.41, 5.74) is 0. The number of likely N-dealkylation sites (N-methyl/N-ethyl adjacent to an activating group) is 1. The summed E-state index contributed by atoms with van der Waals surface area (Å²) in [6.07, 6.45) is 0.830. The first-order valence-corrected chi connectivity index (χ1v) is 7.13. The number of morpholine rings is 1. The number of carbonyl (C=O) groups is 1. The van der Waals surface area contributed by atoms with Gasteiger partial charge in [0.1, 0.15) is 6.04 Å². The van der Waals surface area contributed by atoms with E-state index in [1.807, 2.05) is 6.92 Å². The largest absolute Gasteiger partial charge is 0.463 e. The Morgan fingerprint density at radius 1 is 1.52 bits per heavy atom. The Labute approximate surface area is 127 Å². The van der Waals surface area contributed by atoms with Gasteiger partial charge in [-0.15, -0.1) is 0 Å². The molecule has 1 atom stereocenters. The smallest absolute Gasteiger partial charge is 0.322 e. The zero-order valence-corrected chi connectivity index (χ0v) is 12.8. The van der Waals surface area contributed by atoms with Crippen LogP contribution >= 0.6 is 11.6 Å². The van der Waals surface area contributed by atoms with Gasteiger partial charge in [-0.1, -0.05) is 6.92 Å². The van der Waals surface area contributed by atoms with Crippen LogP contribution in [-0.2, 0) is 9.53 Å². The highest BCUT2D eigenvalue weighted by molar-refractivity contribution is 6.28. The van der Waals surface area contributed by atoms with Crippen molar-refractivity contribution < 1.29 is 14.3 Å². The fourth-order valence-electron chi connectivity index (χ4n) is 1.94. The molecule has 0 aromatic carbocycles. The summed E-state index contributed by atoms with van der Waals surface area (Å²) >= 11 is 5.91. The zero-order valence-electron chi connectivity index (χ0n) is 12.0. The van der Waals surface area contributed by atoms with E-state index in [0.717, 1.165) is 6.42 Å². The summed E-state index contributed by atoms with van der Waals surface area (Å²) < 4.78 is 10.7. The van der Waals surface area contributed by atoms with Crippen LogP contribution in [0.15, 0.2) is 0 Å². The molecule has 0 saturated carbocycles. The molecule has 0 bridgehead atoms. The molecule has 0 aliphatic carbocycles. The number of rotatable bonds is 5. The van der Waals surface area contributed by atoms with Crippen molar-refractivity contribution in [3.8, 4) is 6.01 Å². The number of aromatic nitrogens is 3. The number of hydrogen-bond donors (Lipinski definition) is 1. The normalized spacial score (nSPS) is 18.4. The molecule has 1 aromatic heterocycles. The van der Waals surface area contributed by atoms with Crippen LogP contribution in [-0.4, -0.2) is 60.3 Å². The number of halogens is 1. The van der Waals surface area contributed by atoms with Crippen molar-refractivity contribution in [1.82, 2.24) is 20.3 Å². The first-order chi connectivity index (χ1) is 10.2. The first kappa shape index (κ1) is 15.7. The molecule has 1 N–H and O–H groups in total. The molecule has 1 aliphatic heterocycles. The van der Waals surface area contributed by atoms with Crippen LogP contribution < -0.4 is 15.0 Å². The molecule has 1 aromatic rings. The van der Waals surface area contributed by atoms with Gasteiger partial charge in [-0.25, -0.2) is 0 Å². The van der Waals surface area contributed by atoms with E-state index >= 15 is 0 Å². The van der Waals surface area contributed by atoms with E-state index in [4.69, 9.17) is 21.1 Å². The van der Waals surface area contributed by atoms with Crippen LogP contribution in [0.5, 0.6) is 6.01 Å². The van der Waals surface area contributed by atoms with Gasteiger partial charge in [0.15, 0.2) is 0 Å². The summed E-state index contributed by atoms with van der Waals surface area (Å²) in [7, 11) is 1.57. The molecule has 2 rings (SSSR count). The van der Waals surface area contributed by atoms with Crippen LogP contribution in [0.3, 0.4) is 0 Å². The van der Waals surface area contributed by atoms with Gasteiger partial charge < -0.3 is 19.7 Å². The molecule has 116 valence electrons. The van der Waals surface area contributed by atoms with Crippen molar-refractivity contribution in [2.75, 3.05) is 38.3 Å². The van der Waals surface area contributed by atoms with Crippen molar-refractivity contribution in [3.05, 3.63) is 5.28 Å². The molecule has 1 fully saturated rings. The maximum absolute atomic E-state index is 11.9. The Kier molecular flexibility index (Phi) is 5.51. The number of nitrogens with zero attached hydrogens (tertiary/aromatic N) is 4. The van der Waals surface area contributed by atoms with Gasteiger partial charge in [-0.3, -0.25) is 4.79 Å². The quantitative estimate of drug-likeness (QED) is 0.834. The third-order valence-electron chi connectivity index (χ3n) is 2.95. The molecule has 8 nitrogen and oxygen atoms in total. The maximum atomic E-state index is 11.9. The Balaban J connectivity index is 2.25. The first-order valence-electron chi connectivity index (χ1n) is 6.76. The van der Waals surface area contributed by atoms with Crippen LogP contribution in [0, 0.1) is 0 Å². The molecule has 9 heteroatoms. The Morgan fingerprint density at radius 3 is 3.05 bits per heavy atom. The minimum atomic E-state index is -0.499. The summed E-state index contributed by atoms with van der Waals surface area (Å²) in [5, 5.41) is 2.64. The standard InChI is InChI=1S/C12H18ClN5O3/c1-3-5-21-12-16-10(13)15-11(17-12)18-4-6-20-7-8(18)9(19)14-2/h8H,3-7H2,1-2H3,(H,14,19). The average Bonchev–Trinajstić information content (AvgIpc) is 2.51. The molecule has 1 unspecified atom stereocenters. The lowest BCUT2D eigenvalue weighted by atomic mass is 10.2. The van der Waals surface area contributed by atoms with Gasteiger partial charge >= 0.3 is 6.01 Å². The topological polar surface area (TPSA) is 89.5 Å². The summed E-state index contributed by atoms with van der Waals surface area (Å²) in [6.45, 7) is 3.72. The van der Waals surface area contributed by atoms with E-state index in [-0.39, 0.29) is 23.8 Å². The van der Waals surface area contributed by atoms with E-state index in [0.29, 0.717) is 25.7 Å². The maximum Gasteiger partial charge on any atom is 0.322 e. The minimum Gasteiger partial charge on any atom is -0.463 e. The fraction of sp³-hybridized carbons (Fsp3) is 0.667. The van der Waals surface area contributed by atoms with E-state index in [2.05, 4.69) is 20.3 Å². The summed E-state index contributed by atoms with van der Waals surface area (Å²) in [5.74, 6) is 0.153. The average molecular weight is 316 g/mol. The molecule has 1 amide bonds. The monoisotopic (exact) mass is 315 g/mol. The zero-order chi connectivity index (χ0) is 15.2. The lowest BCUT2D eigenvalue weighted by Gasteiger charge is -2.34. The molecule has 1 aliphatic rings. The van der Waals surface area contributed by atoms with Crippen molar-refractivity contribution in [2.45, 2.75) is 19.4 Å². The number of carbonyl (C=O) groups excluding carboxylic acids is 1. The van der Waals surface area contributed by atoms with E-state index in [1.165, 1.54) is 0 Å². The number of amides is 1. The van der Waals surface area contributed by atoms with E-state index < -0.39 is 6.04 Å². The van der Waals surface area contributed by atoms with Gasteiger partial charge in [0.05, 0.1) is 19.8 Å². The number of ether oxygens (including phenoxy) is 2. The predicted octanol–water partition coefficient (Wildman–Crippen LogP) is 0.265. The number of anilines is 1.